The lowest BCUT2D eigenvalue weighted by atomic mass is 9.89. The third-order valence-corrected chi connectivity index (χ3v) is 7.78. The Balaban J connectivity index is 1.82. The molecule has 0 saturated carbocycles. The molecular formula is C37H42FN3O2. The van der Waals surface area contributed by atoms with Gasteiger partial charge in [-0.3, -0.25) is 14.2 Å². The van der Waals surface area contributed by atoms with Crippen molar-refractivity contribution in [2.24, 2.45) is 0 Å². The van der Waals surface area contributed by atoms with Gasteiger partial charge in [-0.25, -0.2) is 9.37 Å². The van der Waals surface area contributed by atoms with Crippen LogP contribution in [0, 0.1) is 12.7 Å². The SMILES string of the molecule is C/C=C\C(=C\CC)NC(=O)C(c1cccc(C)c1)n1cnc2ccc(-c3ccc(C(CCC)CCC)cc3)c(F)c2c1=O. The average Bonchev–Trinajstić information content (AvgIpc) is 2.99. The molecule has 1 aromatic heterocycles. The first-order chi connectivity index (χ1) is 20.8. The molecule has 3 aromatic carbocycles. The molecule has 0 radical (unpaired) electrons. The molecule has 4 aromatic rings. The fraction of sp³-hybridized carbons (Fsp3) is 0.324. The fourth-order valence-corrected chi connectivity index (χ4v) is 5.75. The molecule has 0 aliphatic rings. The van der Waals surface area contributed by atoms with Gasteiger partial charge in [-0.2, -0.15) is 0 Å². The molecule has 43 heavy (non-hydrogen) atoms. The van der Waals surface area contributed by atoms with Gasteiger partial charge in [0.2, 0.25) is 0 Å². The first-order valence-corrected chi connectivity index (χ1v) is 15.3. The van der Waals surface area contributed by atoms with Crippen LogP contribution in [-0.4, -0.2) is 15.5 Å². The Morgan fingerprint density at radius 1 is 1.00 bits per heavy atom. The minimum atomic E-state index is -1.05. The van der Waals surface area contributed by atoms with E-state index in [9.17, 15) is 9.59 Å². The van der Waals surface area contributed by atoms with Crippen LogP contribution in [-0.2, 0) is 4.79 Å². The molecule has 1 N–H and O–H groups in total. The van der Waals surface area contributed by atoms with Gasteiger partial charge in [0.1, 0.15) is 17.2 Å². The number of amides is 1. The van der Waals surface area contributed by atoms with Crippen LogP contribution in [0.15, 0.2) is 95.7 Å². The molecule has 6 heteroatoms. The summed E-state index contributed by atoms with van der Waals surface area (Å²) in [7, 11) is 0. The van der Waals surface area contributed by atoms with Crippen LogP contribution in [0.3, 0.4) is 0 Å². The molecule has 1 amide bonds. The van der Waals surface area contributed by atoms with E-state index in [1.807, 2.05) is 63.3 Å². The standard InChI is InChI=1S/C37H42FN3O2/c1-6-11-26(12-7-2)27-17-19-28(20-18-27)31-21-22-32-33(34(31)38)37(43)41(24-39-32)35(29-16-10-15-25(5)23-29)36(42)40-30(13-8-3)14-9-4/h8,10,13-24,26,35H,6-7,9,11-12H2,1-5H3,(H,40,42)/b13-8-,30-14-. The first kappa shape index (κ1) is 31.6. The number of allylic oxidation sites excluding steroid dienone is 3. The lowest BCUT2D eigenvalue weighted by Crippen LogP contribution is -2.37. The van der Waals surface area contributed by atoms with E-state index in [2.05, 4.69) is 36.3 Å². The summed E-state index contributed by atoms with van der Waals surface area (Å²) in [4.78, 5) is 32.3. The van der Waals surface area contributed by atoms with E-state index >= 15 is 4.39 Å². The normalized spacial score (nSPS) is 12.8. The number of halogens is 1. The molecule has 0 fully saturated rings. The molecule has 1 atom stereocenters. The van der Waals surface area contributed by atoms with Crippen LogP contribution in [0.25, 0.3) is 22.0 Å². The van der Waals surface area contributed by atoms with Gasteiger partial charge in [0.15, 0.2) is 0 Å². The van der Waals surface area contributed by atoms with Crippen LogP contribution in [0.5, 0.6) is 0 Å². The zero-order valence-electron chi connectivity index (χ0n) is 25.9. The summed E-state index contributed by atoms with van der Waals surface area (Å²) >= 11 is 0. The van der Waals surface area contributed by atoms with Crippen LogP contribution in [0.1, 0.15) is 88.4 Å². The van der Waals surface area contributed by atoms with Crippen molar-refractivity contribution in [3.05, 3.63) is 124 Å². The van der Waals surface area contributed by atoms with E-state index in [-0.39, 0.29) is 10.9 Å². The summed E-state index contributed by atoms with van der Waals surface area (Å²) in [5.74, 6) is -0.570. The predicted octanol–water partition coefficient (Wildman–Crippen LogP) is 8.77. The molecule has 1 heterocycles. The summed E-state index contributed by atoms with van der Waals surface area (Å²) in [6, 6.07) is 17.7. The number of benzene rings is 3. The van der Waals surface area contributed by atoms with E-state index in [1.165, 1.54) is 16.5 Å². The maximum absolute atomic E-state index is 16.3. The Morgan fingerprint density at radius 2 is 1.72 bits per heavy atom. The van der Waals surface area contributed by atoms with Gasteiger partial charge in [0, 0.05) is 11.3 Å². The van der Waals surface area contributed by atoms with Crippen molar-refractivity contribution >= 4 is 16.8 Å². The van der Waals surface area contributed by atoms with Crippen LogP contribution in [0.2, 0.25) is 0 Å². The molecule has 1 unspecified atom stereocenters. The zero-order chi connectivity index (χ0) is 30.9. The molecular weight excluding hydrogens is 537 g/mol. The molecule has 0 aliphatic heterocycles. The molecule has 0 bridgehead atoms. The molecule has 0 saturated heterocycles. The number of carbonyl (C=O) groups is 1. The second kappa shape index (κ2) is 14.7. The monoisotopic (exact) mass is 579 g/mol. The summed E-state index contributed by atoms with van der Waals surface area (Å²) in [6.45, 7) is 10.2. The Bertz CT molecular complexity index is 1680. The van der Waals surface area contributed by atoms with Crippen molar-refractivity contribution in [1.82, 2.24) is 14.9 Å². The third-order valence-electron chi connectivity index (χ3n) is 7.78. The van der Waals surface area contributed by atoms with Gasteiger partial charge >= 0.3 is 0 Å². The summed E-state index contributed by atoms with van der Waals surface area (Å²) in [5.41, 5.74) is 4.08. The van der Waals surface area contributed by atoms with Crippen LogP contribution < -0.4 is 10.9 Å². The number of rotatable bonds is 12. The first-order valence-electron chi connectivity index (χ1n) is 15.3. The maximum atomic E-state index is 16.3. The van der Waals surface area contributed by atoms with Gasteiger partial charge < -0.3 is 5.32 Å². The van der Waals surface area contributed by atoms with E-state index in [0.717, 1.165) is 37.7 Å². The van der Waals surface area contributed by atoms with E-state index in [4.69, 9.17) is 0 Å². The minimum Gasteiger partial charge on any atom is -0.324 e. The van der Waals surface area contributed by atoms with Crippen LogP contribution >= 0.6 is 0 Å². The maximum Gasteiger partial charge on any atom is 0.265 e. The molecule has 0 spiro atoms. The minimum absolute atomic E-state index is 0.137. The number of fused-ring (bicyclic) bond motifs is 1. The number of aryl methyl sites for hydroxylation is 1. The Kier molecular flexibility index (Phi) is 10.8. The highest BCUT2D eigenvalue weighted by atomic mass is 19.1. The molecule has 4 rings (SSSR count). The van der Waals surface area contributed by atoms with E-state index < -0.39 is 23.3 Å². The largest absolute Gasteiger partial charge is 0.324 e. The highest BCUT2D eigenvalue weighted by Gasteiger charge is 2.26. The number of nitrogens with zero attached hydrogens (tertiary/aromatic N) is 2. The van der Waals surface area contributed by atoms with E-state index in [0.29, 0.717) is 28.3 Å². The quantitative estimate of drug-likeness (QED) is 0.171. The third kappa shape index (κ3) is 7.19. The van der Waals surface area contributed by atoms with Crippen molar-refractivity contribution in [2.75, 3.05) is 0 Å². The van der Waals surface area contributed by atoms with Crippen molar-refractivity contribution in [3.8, 4) is 11.1 Å². The number of hydrogen-bond acceptors (Lipinski definition) is 3. The Morgan fingerprint density at radius 3 is 2.35 bits per heavy atom. The van der Waals surface area contributed by atoms with Gasteiger partial charge in [-0.1, -0.05) is 99.9 Å². The van der Waals surface area contributed by atoms with Crippen molar-refractivity contribution in [3.63, 3.8) is 0 Å². The van der Waals surface area contributed by atoms with Gasteiger partial charge in [0.25, 0.3) is 11.5 Å². The number of nitrogens with one attached hydrogen (secondary N) is 1. The Hall–Kier alpha value is -4.32. The second-order valence-electron chi connectivity index (χ2n) is 11.0. The lowest BCUT2D eigenvalue weighted by molar-refractivity contribution is -0.122. The molecule has 0 aliphatic carbocycles. The number of carbonyl (C=O) groups excluding carboxylic acids is 1. The fourth-order valence-electron chi connectivity index (χ4n) is 5.75. The van der Waals surface area contributed by atoms with Crippen molar-refractivity contribution in [1.29, 1.82) is 0 Å². The van der Waals surface area contributed by atoms with Gasteiger partial charge in [0.05, 0.1) is 11.8 Å². The van der Waals surface area contributed by atoms with Gasteiger partial charge in [-0.05, 0) is 73.9 Å². The topological polar surface area (TPSA) is 64.0 Å². The van der Waals surface area contributed by atoms with Crippen molar-refractivity contribution < 1.29 is 9.18 Å². The predicted molar refractivity (Wildman–Crippen MR) is 175 cm³/mol. The summed E-state index contributed by atoms with van der Waals surface area (Å²) in [5, 5.41) is 2.81. The highest BCUT2D eigenvalue weighted by Crippen LogP contribution is 2.31. The Labute approximate surface area is 254 Å². The second-order valence-corrected chi connectivity index (χ2v) is 11.0. The number of hydrogen-bond donors (Lipinski definition) is 1. The highest BCUT2D eigenvalue weighted by molar-refractivity contribution is 5.87. The molecule has 224 valence electrons. The summed E-state index contributed by atoms with van der Waals surface area (Å²) in [6.07, 6.45) is 12.0. The summed E-state index contributed by atoms with van der Waals surface area (Å²) < 4.78 is 17.5. The average molecular weight is 580 g/mol. The zero-order valence-corrected chi connectivity index (χ0v) is 25.9. The number of aromatic nitrogens is 2. The van der Waals surface area contributed by atoms with Crippen molar-refractivity contribution in [2.45, 2.75) is 78.7 Å². The smallest absolute Gasteiger partial charge is 0.265 e. The van der Waals surface area contributed by atoms with Gasteiger partial charge in [-0.15, -0.1) is 0 Å². The van der Waals surface area contributed by atoms with E-state index in [1.54, 1.807) is 24.3 Å². The lowest BCUT2D eigenvalue weighted by Gasteiger charge is -2.21. The van der Waals surface area contributed by atoms with Crippen LogP contribution in [0.4, 0.5) is 4.39 Å². The molecule has 5 nitrogen and oxygen atoms in total.